The molecular weight excluding hydrogens is 351 g/mol. The van der Waals surface area contributed by atoms with E-state index in [1.165, 1.54) is 26.4 Å². The number of carbonyl (C=O) groups is 1. The average molecular weight is 372 g/mol. The minimum absolute atomic E-state index is 0.240. The lowest BCUT2D eigenvalue weighted by molar-refractivity contribution is -0.0251. The van der Waals surface area contributed by atoms with Gasteiger partial charge in [0, 0.05) is 37.4 Å². The van der Waals surface area contributed by atoms with Gasteiger partial charge in [-0.3, -0.25) is 4.90 Å². The predicted octanol–water partition coefficient (Wildman–Crippen LogP) is 2.83. The van der Waals surface area contributed by atoms with Crippen LogP contribution in [0.2, 0.25) is 0 Å². The fraction of sp³-hybridized carbons (Fsp3) is 0.350. The van der Waals surface area contributed by atoms with Crippen LogP contribution in [0.15, 0.2) is 36.4 Å². The molecule has 0 radical (unpaired) electrons. The van der Waals surface area contributed by atoms with E-state index >= 15 is 0 Å². The standard InChI is InChI=1S/C20H21FN2O4/c1-25-16-8-7-15-17(18(16)26-2)20(24)27-19(15)23-11-9-22(10-12-23)14-5-3-13(21)4-6-14/h3-8,19H,9-12H2,1-2H3. The van der Waals surface area contributed by atoms with Gasteiger partial charge in [0.15, 0.2) is 17.7 Å². The van der Waals surface area contributed by atoms with Crippen molar-refractivity contribution in [2.75, 3.05) is 45.3 Å². The van der Waals surface area contributed by atoms with E-state index in [0.29, 0.717) is 17.1 Å². The lowest BCUT2D eigenvalue weighted by atomic mass is 10.1. The lowest BCUT2D eigenvalue weighted by Gasteiger charge is -2.38. The molecule has 0 saturated carbocycles. The van der Waals surface area contributed by atoms with Crippen molar-refractivity contribution >= 4 is 11.7 Å². The molecule has 7 heteroatoms. The van der Waals surface area contributed by atoms with Crippen LogP contribution in [0.1, 0.15) is 22.1 Å². The van der Waals surface area contributed by atoms with Gasteiger partial charge in [0.2, 0.25) is 0 Å². The fourth-order valence-corrected chi connectivity index (χ4v) is 3.72. The van der Waals surface area contributed by atoms with Crippen LogP contribution in [0, 0.1) is 5.82 Å². The van der Waals surface area contributed by atoms with Crippen LogP contribution in [0.5, 0.6) is 11.5 Å². The van der Waals surface area contributed by atoms with Crippen LogP contribution >= 0.6 is 0 Å². The van der Waals surface area contributed by atoms with E-state index < -0.39 is 12.2 Å². The second kappa shape index (κ2) is 7.08. The highest BCUT2D eigenvalue weighted by Crippen LogP contribution is 2.43. The van der Waals surface area contributed by atoms with Gasteiger partial charge in [0.1, 0.15) is 11.4 Å². The largest absolute Gasteiger partial charge is 0.493 e. The number of hydrogen-bond acceptors (Lipinski definition) is 6. The summed E-state index contributed by atoms with van der Waals surface area (Å²) in [4.78, 5) is 16.8. The van der Waals surface area contributed by atoms with E-state index in [4.69, 9.17) is 14.2 Å². The first kappa shape index (κ1) is 17.6. The number of rotatable bonds is 4. The number of halogens is 1. The molecule has 1 unspecified atom stereocenters. The Balaban J connectivity index is 1.52. The van der Waals surface area contributed by atoms with E-state index in [0.717, 1.165) is 37.4 Å². The fourth-order valence-electron chi connectivity index (χ4n) is 3.72. The van der Waals surface area contributed by atoms with E-state index in [2.05, 4.69) is 9.80 Å². The number of fused-ring (bicyclic) bond motifs is 1. The quantitative estimate of drug-likeness (QED) is 0.770. The molecule has 0 N–H and O–H groups in total. The van der Waals surface area contributed by atoms with E-state index in [1.54, 1.807) is 18.2 Å². The molecular formula is C20H21FN2O4. The molecule has 0 aliphatic carbocycles. The minimum atomic E-state index is -0.428. The van der Waals surface area contributed by atoms with E-state index in [9.17, 15) is 9.18 Å². The summed E-state index contributed by atoms with van der Waals surface area (Å²) in [6, 6.07) is 10.2. The van der Waals surface area contributed by atoms with Crippen molar-refractivity contribution in [2.24, 2.45) is 0 Å². The summed E-state index contributed by atoms with van der Waals surface area (Å²) >= 11 is 0. The minimum Gasteiger partial charge on any atom is -0.493 e. The van der Waals surface area contributed by atoms with Gasteiger partial charge >= 0.3 is 5.97 Å². The Morgan fingerprint density at radius 3 is 2.33 bits per heavy atom. The zero-order valence-corrected chi connectivity index (χ0v) is 15.3. The lowest BCUT2D eigenvalue weighted by Crippen LogP contribution is -2.47. The highest BCUT2D eigenvalue weighted by molar-refractivity contribution is 5.98. The Hall–Kier alpha value is -2.80. The summed E-state index contributed by atoms with van der Waals surface area (Å²) in [5.41, 5.74) is 2.22. The van der Waals surface area contributed by atoms with Crippen LogP contribution in [-0.4, -0.2) is 51.3 Å². The third-order valence-electron chi connectivity index (χ3n) is 5.10. The Kier molecular flexibility index (Phi) is 4.61. The maximum atomic E-state index is 13.1. The topological polar surface area (TPSA) is 51.2 Å². The van der Waals surface area contributed by atoms with Crippen molar-refractivity contribution in [3.63, 3.8) is 0 Å². The zero-order chi connectivity index (χ0) is 19.0. The smallest absolute Gasteiger partial charge is 0.344 e. The van der Waals surface area contributed by atoms with Crippen LogP contribution in [0.3, 0.4) is 0 Å². The molecule has 1 atom stereocenters. The first-order valence-corrected chi connectivity index (χ1v) is 8.83. The van der Waals surface area contributed by atoms with Crippen molar-refractivity contribution in [1.82, 2.24) is 4.90 Å². The SMILES string of the molecule is COc1ccc2c(c1OC)C(=O)OC2N1CCN(c2ccc(F)cc2)CC1. The first-order valence-electron chi connectivity index (χ1n) is 8.83. The number of cyclic esters (lactones) is 1. The number of esters is 1. The van der Waals surface area contributed by atoms with E-state index in [-0.39, 0.29) is 5.82 Å². The molecule has 0 spiro atoms. The zero-order valence-electron chi connectivity index (χ0n) is 15.3. The monoisotopic (exact) mass is 372 g/mol. The molecule has 142 valence electrons. The van der Waals surface area contributed by atoms with Crippen molar-refractivity contribution in [1.29, 1.82) is 0 Å². The molecule has 1 fully saturated rings. The highest BCUT2D eigenvalue weighted by Gasteiger charge is 2.39. The molecule has 4 rings (SSSR count). The molecule has 1 saturated heterocycles. The Morgan fingerprint density at radius 2 is 1.70 bits per heavy atom. The van der Waals surface area contributed by atoms with Gasteiger partial charge in [-0.25, -0.2) is 9.18 Å². The van der Waals surface area contributed by atoms with Crippen molar-refractivity contribution in [3.8, 4) is 11.5 Å². The number of methoxy groups -OCH3 is 2. The van der Waals surface area contributed by atoms with Gasteiger partial charge in [-0.2, -0.15) is 0 Å². The van der Waals surface area contributed by atoms with Crippen LogP contribution in [0.25, 0.3) is 0 Å². The molecule has 2 aliphatic heterocycles. The number of anilines is 1. The second-order valence-corrected chi connectivity index (χ2v) is 6.52. The van der Waals surface area contributed by atoms with Gasteiger partial charge in [-0.15, -0.1) is 0 Å². The molecule has 27 heavy (non-hydrogen) atoms. The predicted molar refractivity (Wildman–Crippen MR) is 97.9 cm³/mol. The molecule has 6 nitrogen and oxygen atoms in total. The normalized spacial score (nSPS) is 19.6. The summed E-state index contributed by atoms with van der Waals surface area (Å²) in [5, 5.41) is 0. The number of piperazine rings is 1. The van der Waals surface area contributed by atoms with Crippen LogP contribution in [-0.2, 0) is 4.74 Å². The number of nitrogens with zero attached hydrogens (tertiary/aromatic N) is 2. The average Bonchev–Trinajstić information content (AvgIpc) is 3.04. The first-order chi connectivity index (χ1) is 13.1. The summed E-state index contributed by atoms with van der Waals surface area (Å²) in [7, 11) is 3.05. The third kappa shape index (κ3) is 3.08. The molecule has 2 aromatic carbocycles. The summed E-state index contributed by atoms with van der Waals surface area (Å²) in [6.45, 7) is 2.98. The van der Waals surface area contributed by atoms with Gasteiger partial charge in [-0.05, 0) is 36.4 Å². The summed E-state index contributed by atoms with van der Waals surface area (Å²) in [6.07, 6.45) is -0.428. The summed E-state index contributed by atoms with van der Waals surface area (Å²) in [5.74, 6) is 0.283. The number of carbonyl (C=O) groups excluding carboxylic acids is 1. The number of hydrogen-bond donors (Lipinski definition) is 0. The van der Waals surface area contributed by atoms with Gasteiger partial charge in [0.05, 0.1) is 14.2 Å². The van der Waals surface area contributed by atoms with Gasteiger partial charge < -0.3 is 19.1 Å². The third-order valence-corrected chi connectivity index (χ3v) is 5.10. The van der Waals surface area contributed by atoms with Crippen molar-refractivity contribution in [2.45, 2.75) is 6.23 Å². The molecule has 0 bridgehead atoms. The number of benzene rings is 2. The van der Waals surface area contributed by atoms with E-state index in [1.807, 2.05) is 6.07 Å². The molecule has 0 amide bonds. The summed E-state index contributed by atoms with van der Waals surface area (Å²) < 4.78 is 29.4. The maximum absolute atomic E-state index is 13.1. The molecule has 0 aromatic heterocycles. The Bertz CT molecular complexity index is 848. The maximum Gasteiger partial charge on any atom is 0.344 e. The Labute approximate surface area is 157 Å². The Morgan fingerprint density at radius 1 is 1.00 bits per heavy atom. The second-order valence-electron chi connectivity index (χ2n) is 6.52. The van der Waals surface area contributed by atoms with Crippen molar-refractivity contribution in [3.05, 3.63) is 53.3 Å². The highest BCUT2D eigenvalue weighted by atomic mass is 19.1. The van der Waals surface area contributed by atoms with Crippen LogP contribution < -0.4 is 14.4 Å². The molecule has 2 heterocycles. The van der Waals surface area contributed by atoms with Gasteiger partial charge in [-0.1, -0.05) is 0 Å². The van der Waals surface area contributed by atoms with Crippen LogP contribution in [0.4, 0.5) is 10.1 Å². The number of ether oxygens (including phenoxy) is 3. The molecule has 2 aliphatic rings. The van der Waals surface area contributed by atoms with Crippen molar-refractivity contribution < 1.29 is 23.4 Å². The van der Waals surface area contributed by atoms with Gasteiger partial charge in [0.25, 0.3) is 0 Å². The molecule has 2 aromatic rings.